The predicted molar refractivity (Wildman–Crippen MR) is 96.6 cm³/mol. The monoisotopic (exact) mass is 347 g/mol. The number of halogens is 1. The zero-order chi connectivity index (χ0) is 17.3. The first-order chi connectivity index (χ1) is 11.4. The molecule has 0 spiro atoms. The Morgan fingerprint density at radius 1 is 1.38 bits per heavy atom. The molecule has 0 bridgehead atoms. The number of aromatic nitrogens is 1. The van der Waals surface area contributed by atoms with Crippen molar-refractivity contribution in [2.24, 2.45) is 4.99 Å². The third kappa shape index (κ3) is 3.59. The van der Waals surface area contributed by atoms with E-state index in [2.05, 4.69) is 16.9 Å². The first-order valence-corrected chi connectivity index (χ1v) is 8.97. The average molecular weight is 347 g/mol. The Morgan fingerprint density at radius 2 is 2.12 bits per heavy atom. The molecule has 0 amide bonds. The fourth-order valence-electron chi connectivity index (χ4n) is 2.24. The minimum absolute atomic E-state index is 0.485. The number of ether oxygens (including phenoxy) is 1. The van der Waals surface area contributed by atoms with E-state index in [0.717, 1.165) is 29.1 Å². The lowest BCUT2D eigenvalue weighted by Gasteiger charge is -2.11. The lowest BCUT2D eigenvalue weighted by atomic mass is 10.1. The largest absolute Gasteiger partial charge is 0.431 e. The lowest BCUT2D eigenvalue weighted by molar-refractivity contribution is 0.308. The van der Waals surface area contributed by atoms with E-state index in [1.807, 2.05) is 44.3 Å². The topological polar surface area (TPSA) is 37.7 Å². The number of nitrogens with zero attached hydrogens (tertiary/aromatic N) is 3. The SMILES string of the molecule is CCN(C)C=Nc1cc(C)c(Oc2nc(C3(F)CC3)cs2)cc1C. The molecule has 0 atom stereocenters. The fourth-order valence-corrected chi connectivity index (χ4v) is 3.00. The van der Waals surface area contributed by atoms with Crippen molar-refractivity contribution in [1.82, 2.24) is 9.88 Å². The van der Waals surface area contributed by atoms with E-state index in [9.17, 15) is 4.39 Å². The van der Waals surface area contributed by atoms with Crippen LogP contribution in [0.2, 0.25) is 0 Å². The summed E-state index contributed by atoms with van der Waals surface area (Å²) in [5, 5.41) is 2.24. The normalized spacial score (nSPS) is 15.7. The first-order valence-electron chi connectivity index (χ1n) is 8.10. The number of hydrogen-bond acceptors (Lipinski definition) is 4. The Hall–Kier alpha value is -1.95. The van der Waals surface area contributed by atoms with Crippen molar-refractivity contribution in [1.29, 1.82) is 0 Å². The highest BCUT2D eigenvalue weighted by Crippen LogP contribution is 2.50. The molecule has 0 unspecified atom stereocenters. The highest BCUT2D eigenvalue weighted by Gasteiger charge is 2.47. The van der Waals surface area contributed by atoms with Crippen molar-refractivity contribution in [2.75, 3.05) is 13.6 Å². The van der Waals surface area contributed by atoms with Gasteiger partial charge in [0.15, 0.2) is 5.67 Å². The fraction of sp³-hybridized carbons (Fsp3) is 0.444. The third-order valence-corrected chi connectivity index (χ3v) is 4.93. The number of thiazole rings is 1. The molecule has 0 aliphatic heterocycles. The van der Waals surface area contributed by atoms with Crippen molar-refractivity contribution < 1.29 is 9.13 Å². The molecule has 6 heteroatoms. The van der Waals surface area contributed by atoms with Crippen molar-refractivity contribution in [3.63, 3.8) is 0 Å². The third-order valence-electron chi connectivity index (χ3n) is 4.21. The summed E-state index contributed by atoms with van der Waals surface area (Å²) in [6, 6.07) is 3.95. The van der Waals surface area contributed by atoms with Crippen LogP contribution < -0.4 is 4.74 Å². The number of aryl methyl sites for hydroxylation is 2. The molecule has 0 saturated heterocycles. The highest BCUT2D eigenvalue weighted by molar-refractivity contribution is 7.11. The standard InChI is InChI=1S/C18H22FN3OS/c1-5-22(4)11-20-14-8-13(3)15(9-12(14)2)23-17-21-16(10-24-17)18(19)6-7-18/h8-11H,5-7H2,1-4H3. The molecule has 1 heterocycles. The summed E-state index contributed by atoms with van der Waals surface area (Å²) in [5.74, 6) is 0.736. The summed E-state index contributed by atoms with van der Waals surface area (Å²) in [4.78, 5) is 10.8. The summed E-state index contributed by atoms with van der Waals surface area (Å²) in [5.41, 5.74) is 2.20. The van der Waals surface area contributed by atoms with Gasteiger partial charge in [0.2, 0.25) is 0 Å². The molecule has 0 radical (unpaired) electrons. The molecular weight excluding hydrogens is 325 g/mol. The maximum Gasteiger partial charge on any atom is 0.279 e. The summed E-state index contributed by atoms with van der Waals surface area (Å²) in [7, 11) is 1.99. The Morgan fingerprint density at radius 3 is 2.79 bits per heavy atom. The van der Waals surface area contributed by atoms with E-state index in [1.54, 1.807) is 5.38 Å². The van der Waals surface area contributed by atoms with Gasteiger partial charge in [0.05, 0.1) is 17.7 Å². The lowest BCUT2D eigenvalue weighted by Crippen LogP contribution is -2.14. The molecule has 3 rings (SSSR count). The number of rotatable bonds is 6. The van der Waals surface area contributed by atoms with E-state index in [4.69, 9.17) is 4.74 Å². The second-order valence-electron chi connectivity index (χ2n) is 6.29. The van der Waals surface area contributed by atoms with E-state index in [-0.39, 0.29) is 0 Å². The predicted octanol–water partition coefficient (Wildman–Crippen LogP) is 5.12. The van der Waals surface area contributed by atoms with E-state index < -0.39 is 5.67 Å². The minimum atomic E-state index is -1.22. The van der Waals surface area contributed by atoms with E-state index in [1.165, 1.54) is 11.3 Å². The van der Waals surface area contributed by atoms with Crippen LogP contribution in [0.1, 0.15) is 36.6 Å². The number of aliphatic imine (C=N–C) groups is 1. The van der Waals surface area contributed by atoms with Crippen molar-refractivity contribution >= 4 is 23.4 Å². The van der Waals surface area contributed by atoms with Crippen LogP contribution in [0.3, 0.4) is 0 Å². The van der Waals surface area contributed by atoms with Crippen LogP contribution in [0, 0.1) is 13.8 Å². The molecule has 4 nitrogen and oxygen atoms in total. The van der Waals surface area contributed by atoms with Crippen LogP contribution in [0.5, 0.6) is 10.9 Å². The van der Waals surface area contributed by atoms with Crippen LogP contribution in [0.25, 0.3) is 0 Å². The van der Waals surface area contributed by atoms with Gasteiger partial charge in [-0.3, -0.25) is 0 Å². The van der Waals surface area contributed by atoms with Crippen LogP contribution >= 0.6 is 11.3 Å². The molecule has 1 aromatic carbocycles. The number of alkyl halides is 1. The summed E-state index contributed by atoms with van der Waals surface area (Å²) in [6.45, 7) is 6.96. The van der Waals surface area contributed by atoms with Gasteiger partial charge in [-0.15, -0.1) is 0 Å². The van der Waals surface area contributed by atoms with E-state index in [0.29, 0.717) is 23.7 Å². The molecule has 2 aromatic rings. The molecule has 1 aliphatic carbocycles. The van der Waals surface area contributed by atoms with Gasteiger partial charge in [0.1, 0.15) is 5.75 Å². The Bertz CT molecular complexity index is 768. The Kier molecular flexibility index (Phi) is 4.58. The smallest absolute Gasteiger partial charge is 0.279 e. The second-order valence-corrected chi connectivity index (χ2v) is 7.11. The summed E-state index contributed by atoms with van der Waals surface area (Å²) < 4.78 is 19.9. The minimum Gasteiger partial charge on any atom is -0.431 e. The molecule has 1 aliphatic rings. The Labute approximate surface area is 146 Å². The Balaban J connectivity index is 1.78. The zero-order valence-corrected chi connectivity index (χ0v) is 15.3. The van der Waals surface area contributed by atoms with Crippen LogP contribution in [-0.4, -0.2) is 29.8 Å². The van der Waals surface area contributed by atoms with Crippen LogP contribution in [0.4, 0.5) is 10.1 Å². The molecule has 1 aromatic heterocycles. The van der Waals surface area contributed by atoms with Gasteiger partial charge in [0.25, 0.3) is 5.19 Å². The van der Waals surface area contributed by atoms with Gasteiger partial charge < -0.3 is 9.64 Å². The van der Waals surface area contributed by atoms with Gasteiger partial charge in [-0.1, -0.05) is 11.3 Å². The number of hydrogen-bond donors (Lipinski definition) is 0. The van der Waals surface area contributed by atoms with Crippen LogP contribution in [0.15, 0.2) is 22.5 Å². The van der Waals surface area contributed by atoms with Gasteiger partial charge in [0, 0.05) is 19.0 Å². The first kappa shape index (κ1) is 16.9. The maximum atomic E-state index is 14.0. The summed E-state index contributed by atoms with van der Waals surface area (Å²) >= 11 is 1.34. The van der Waals surface area contributed by atoms with E-state index >= 15 is 0 Å². The quantitative estimate of drug-likeness (QED) is 0.537. The zero-order valence-electron chi connectivity index (χ0n) is 14.5. The van der Waals surface area contributed by atoms with Crippen molar-refractivity contribution in [3.8, 4) is 10.9 Å². The van der Waals surface area contributed by atoms with Crippen molar-refractivity contribution in [3.05, 3.63) is 34.3 Å². The molecule has 24 heavy (non-hydrogen) atoms. The van der Waals surface area contributed by atoms with Crippen molar-refractivity contribution in [2.45, 2.75) is 39.3 Å². The van der Waals surface area contributed by atoms with Gasteiger partial charge in [-0.05, 0) is 56.9 Å². The molecular formula is C18H22FN3OS. The molecule has 128 valence electrons. The second kappa shape index (κ2) is 6.51. The van der Waals surface area contributed by atoms with Crippen LogP contribution in [-0.2, 0) is 5.67 Å². The molecule has 1 fully saturated rings. The molecule has 1 saturated carbocycles. The average Bonchev–Trinajstić information content (AvgIpc) is 3.12. The maximum absolute atomic E-state index is 14.0. The summed E-state index contributed by atoms with van der Waals surface area (Å²) in [6.07, 6.45) is 2.95. The van der Waals surface area contributed by atoms with Gasteiger partial charge in [-0.25, -0.2) is 14.4 Å². The number of benzene rings is 1. The van der Waals surface area contributed by atoms with Gasteiger partial charge >= 0.3 is 0 Å². The van der Waals surface area contributed by atoms with Gasteiger partial charge in [-0.2, -0.15) is 0 Å². The molecule has 0 N–H and O–H groups in total. The highest BCUT2D eigenvalue weighted by atomic mass is 32.1.